The number of sulfonamides is 1. The Labute approximate surface area is 177 Å². The Morgan fingerprint density at radius 1 is 0.967 bits per heavy atom. The Kier molecular flexibility index (Phi) is 6.87. The van der Waals surface area contributed by atoms with Crippen molar-refractivity contribution in [1.82, 2.24) is 4.72 Å². The van der Waals surface area contributed by atoms with Crippen LogP contribution in [-0.4, -0.2) is 28.0 Å². The zero-order valence-electron chi connectivity index (χ0n) is 16.9. The van der Waals surface area contributed by atoms with Gasteiger partial charge in [0.25, 0.3) is 5.91 Å². The van der Waals surface area contributed by atoms with Crippen molar-refractivity contribution in [3.63, 3.8) is 0 Å². The summed E-state index contributed by atoms with van der Waals surface area (Å²) in [5.74, 6) is 0.258. The molecular formula is C23H24N2O4S. The molecule has 0 aliphatic rings. The van der Waals surface area contributed by atoms with Crippen LogP contribution in [0.5, 0.6) is 5.75 Å². The number of para-hydroxylation sites is 1. The highest BCUT2D eigenvalue weighted by Gasteiger charge is 2.16. The lowest BCUT2D eigenvalue weighted by molar-refractivity contribution is -0.120. The van der Waals surface area contributed by atoms with E-state index in [2.05, 4.69) is 4.72 Å². The Hall–Kier alpha value is -3.16. The van der Waals surface area contributed by atoms with Crippen LogP contribution in [0.1, 0.15) is 11.1 Å². The minimum absolute atomic E-state index is 0.148. The maximum Gasteiger partial charge on any atom is 0.264 e. The molecule has 1 amide bonds. The van der Waals surface area contributed by atoms with Crippen molar-refractivity contribution < 1.29 is 17.9 Å². The lowest BCUT2D eigenvalue weighted by Crippen LogP contribution is -2.31. The van der Waals surface area contributed by atoms with Crippen LogP contribution in [0, 0.1) is 6.92 Å². The van der Waals surface area contributed by atoms with Gasteiger partial charge in [0.05, 0.1) is 4.90 Å². The van der Waals surface area contributed by atoms with Gasteiger partial charge in [-0.05, 0) is 48.4 Å². The number of ether oxygens (including phenoxy) is 1. The first-order chi connectivity index (χ1) is 14.4. The van der Waals surface area contributed by atoms with Gasteiger partial charge in [0.1, 0.15) is 5.75 Å². The second kappa shape index (κ2) is 9.56. The van der Waals surface area contributed by atoms with Gasteiger partial charge in [-0.1, -0.05) is 48.5 Å². The molecule has 0 aliphatic heterocycles. The molecule has 156 valence electrons. The number of benzene rings is 3. The molecule has 1 N–H and O–H groups in total. The molecule has 30 heavy (non-hydrogen) atoms. The number of carbonyl (C=O) groups excluding carboxylic acids is 1. The maximum absolute atomic E-state index is 12.6. The standard InChI is InChI=1S/C23H24N2O4S/c1-18-15-21(30(27,28)24-16-19-9-5-3-6-10-19)13-14-22(18)29-17-23(26)25(2)20-11-7-4-8-12-20/h3-15,24H,16-17H2,1-2H3. The molecular weight excluding hydrogens is 400 g/mol. The van der Waals surface area contributed by atoms with Gasteiger partial charge in [-0.15, -0.1) is 0 Å². The molecule has 0 atom stereocenters. The lowest BCUT2D eigenvalue weighted by Gasteiger charge is -2.18. The average Bonchev–Trinajstić information content (AvgIpc) is 2.77. The summed E-state index contributed by atoms with van der Waals surface area (Å²) < 4.78 is 33.4. The number of rotatable bonds is 8. The Morgan fingerprint density at radius 3 is 2.23 bits per heavy atom. The molecule has 0 saturated carbocycles. The van der Waals surface area contributed by atoms with Crippen molar-refractivity contribution in [2.24, 2.45) is 0 Å². The van der Waals surface area contributed by atoms with Gasteiger partial charge in [-0.2, -0.15) is 0 Å². The van der Waals surface area contributed by atoms with Crippen LogP contribution >= 0.6 is 0 Å². The number of anilines is 1. The number of carbonyl (C=O) groups is 1. The zero-order valence-corrected chi connectivity index (χ0v) is 17.7. The molecule has 3 aromatic carbocycles. The molecule has 7 heteroatoms. The van der Waals surface area contributed by atoms with Gasteiger partial charge < -0.3 is 9.64 Å². The van der Waals surface area contributed by atoms with E-state index < -0.39 is 10.0 Å². The van der Waals surface area contributed by atoms with E-state index in [4.69, 9.17) is 4.74 Å². The molecule has 0 aliphatic carbocycles. The van der Waals surface area contributed by atoms with Crippen LogP contribution in [-0.2, 0) is 21.4 Å². The van der Waals surface area contributed by atoms with Crippen LogP contribution in [0.15, 0.2) is 83.8 Å². The summed E-state index contributed by atoms with van der Waals surface area (Å²) in [6, 6.07) is 23.2. The normalized spacial score (nSPS) is 11.1. The van der Waals surface area contributed by atoms with Crippen molar-refractivity contribution in [2.75, 3.05) is 18.6 Å². The number of amides is 1. The molecule has 6 nitrogen and oxygen atoms in total. The van der Waals surface area contributed by atoms with E-state index in [0.717, 1.165) is 11.3 Å². The molecule has 0 heterocycles. The summed E-state index contributed by atoms with van der Waals surface area (Å²) >= 11 is 0. The summed E-state index contributed by atoms with van der Waals surface area (Å²) in [7, 11) is -1.98. The third-order valence-electron chi connectivity index (χ3n) is 4.63. The third kappa shape index (κ3) is 5.46. The number of likely N-dealkylation sites (N-methyl/N-ethyl adjacent to an activating group) is 1. The molecule has 0 unspecified atom stereocenters. The fraction of sp³-hybridized carbons (Fsp3) is 0.174. The predicted molar refractivity (Wildman–Crippen MR) is 117 cm³/mol. The van der Waals surface area contributed by atoms with Crippen molar-refractivity contribution >= 4 is 21.6 Å². The SMILES string of the molecule is Cc1cc(S(=O)(=O)NCc2ccccc2)ccc1OCC(=O)N(C)c1ccccc1. The molecule has 3 aromatic rings. The van der Waals surface area contributed by atoms with E-state index in [9.17, 15) is 13.2 Å². The van der Waals surface area contributed by atoms with E-state index in [-0.39, 0.29) is 24.0 Å². The summed E-state index contributed by atoms with van der Waals surface area (Å²) in [6.07, 6.45) is 0. The summed E-state index contributed by atoms with van der Waals surface area (Å²) in [6.45, 7) is 1.81. The van der Waals surface area contributed by atoms with Gasteiger partial charge in [0.15, 0.2) is 6.61 Å². The molecule has 3 rings (SSSR count). The average molecular weight is 425 g/mol. The lowest BCUT2D eigenvalue weighted by atomic mass is 10.2. The van der Waals surface area contributed by atoms with E-state index in [1.807, 2.05) is 60.7 Å². The van der Waals surface area contributed by atoms with Gasteiger partial charge in [-0.3, -0.25) is 4.79 Å². The highest BCUT2D eigenvalue weighted by atomic mass is 32.2. The molecule has 0 aromatic heterocycles. The Bertz CT molecular complexity index is 1100. The second-order valence-electron chi connectivity index (χ2n) is 6.81. The van der Waals surface area contributed by atoms with Crippen molar-refractivity contribution in [3.05, 3.63) is 90.0 Å². The largest absolute Gasteiger partial charge is 0.483 e. The predicted octanol–water partition coefficient (Wildman–Crippen LogP) is 3.52. The number of hydrogen-bond donors (Lipinski definition) is 1. The highest BCUT2D eigenvalue weighted by Crippen LogP contribution is 2.22. The second-order valence-corrected chi connectivity index (χ2v) is 8.58. The van der Waals surface area contributed by atoms with Crippen LogP contribution in [0.2, 0.25) is 0 Å². The highest BCUT2D eigenvalue weighted by molar-refractivity contribution is 7.89. The Balaban J connectivity index is 1.62. The monoisotopic (exact) mass is 424 g/mol. The molecule has 0 saturated heterocycles. The van der Waals surface area contributed by atoms with E-state index in [1.54, 1.807) is 20.0 Å². The van der Waals surface area contributed by atoms with Crippen LogP contribution < -0.4 is 14.4 Å². The fourth-order valence-corrected chi connectivity index (χ4v) is 3.94. The zero-order chi connectivity index (χ0) is 21.6. The van der Waals surface area contributed by atoms with Gasteiger partial charge >= 0.3 is 0 Å². The Morgan fingerprint density at radius 2 is 1.60 bits per heavy atom. The van der Waals surface area contributed by atoms with E-state index >= 15 is 0 Å². The quantitative estimate of drug-likeness (QED) is 0.600. The number of aryl methyl sites for hydroxylation is 1. The molecule has 0 fully saturated rings. The number of hydrogen-bond acceptors (Lipinski definition) is 4. The first-order valence-corrected chi connectivity index (χ1v) is 10.9. The van der Waals surface area contributed by atoms with Crippen molar-refractivity contribution in [2.45, 2.75) is 18.4 Å². The summed E-state index contributed by atoms with van der Waals surface area (Å²) in [5.41, 5.74) is 2.28. The molecule has 0 spiro atoms. The van der Waals surface area contributed by atoms with Gasteiger partial charge in [0.2, 0.25) is 10.0 Å². The van der Waals surface area contributed by atoms with E-state index in [1.165, 1.54) is 17.0 Å². The van der Waals surface area contributed by atoms with Crippen LogP contribution in [0.25, 0.3) is 0 Å². The van der Waals surface area contributed by atoms with Crippen LogP contribution in [0.3, 0.4) is 0 Å². The van der Waals surface area contributed by atoms with E-state index in [0.29, 0.717) is 11.3 Å². The third-order valence-corrected chi connectivity index (χ3v) is 6.03. The summed E-state index contributed by atoms with van der Waals surface area (Å²) in [5, 5.41) is 0. The number of nitrogens with one attached hydrogen (secondary N) is 1. The first-order valence-electron chi connectivity index (χ1n) is 9.45. The van der Waals surface area contributed by atoms with Crippen molar-refractivity contribution in [1.29, 1.82) is 0 Å². The summed E-state index contributed by atoms with van der Waals surface area (Å²) in [4.78, 5) is 14.0. The minimum Gasteiger partial charge on any atom is -0.483 e. The molecule has 0 bridgehead atoms. The van der Waals surface area contributed by atoms with Crippen molar-refractivity contribution in [3.8, 4) is 5.75 Å². The number of nitrogens with zero attached hydrogens (tertiary/aromatic N) is 1. The minimum atomic E-state index is -3.66. The maximum atomic E-state index is 12.6. The molecule has 0 radical (unpaired) electrons. The van der Waals surface area contributed by atoms with Gasteiger partial charge in [-0.25, -0.2) is 13.1 Å². The fourth-order valence-electron chi connectivity index (χ4n) is 2.84. The van der Waals surface area contributed by atoms with Gasteiger partial charge in [0, 0.05) is 19.3 Å². The topological polar surface area (TPSA) is 75.7 Å². The smallest absolute Gasteiger partial charge is 0.264 e. The first kappa shape index (κ1) is 21.5. The van der Waals surface area contributed by atoms with Crippen LogP contribution in [0.4, 0.5) is 5.69 Å².